The van der Waals surface area contributed by atoms with Gasteiger partial charge >= 0.3 is 0 Å². The van der Waals surface area contributed by atoms with Crippen LogP contribution in [0.3, 0.4) is 0 Å². The van der Waals surface area contributed by atoms with E-state index in [0.717, 1.165) is 0 Å². The van der Waals surface area contributed by atoms with Gasteiger partial charge in [-0.05, 0) is 6.92 Å². The SMILES string of the molecule is [CH2]CN(C)N(CCO)NCCO. The van der Waals surface area contributed by atoms with Crippen LogP contribution in [0.2, 0.25) is 0 Å². The smallest absolute Gasteiger partial charge is 0.0587 e. The summed E-state index contributed by atoms with van der Waals surface area (Å²) in [6, 6.07) is 0. The van der Waals surface area contributed by atoms with Crippen LogP contribution in [0.4, 0.5) is 0 Å². The van der Waals surface area contributed by atoms with E-state index >= 15 is 0 Å². The molecule has 0 aromatic heterocycles. The Bertz CT molecular complexity index is 103. The summed E-state index contributed by atoms with van der Waals surface area (Å²) in [5.74, 6) is 0. The molecular formula is C7H18N3O2. The van der Waals surface area contributed by atoms with Crippen molar-refractivity contribution in [1.82, 2.24) is 15.6 Å². The van der Waals surface area contributed by atoms with Gasteiger partial charge in [0.1, 0.15) is 0 Å². The summed E-state index contributed by atoms with van der Waals surface area (Å²) in [4.78, 5) is 0. The van der Waals surface area contributed by atoms with E-state index in [2.05, 4.69) is 12.3 Å². The predicted octanol–water partition coefficient (Wildman–Crippen LogP) is -1.54. The summed E-state index contributed by atoms with van der Waals surface area (Å²) in [5.41, 5.74) is 2.93. The van der Waals surface area contributed by atoms with Gasteiger partial charge in [-0.1, -0.05) is 0 Å². The molecule has 0 aliphatic heterocycles. The molecule has 0 fully saturated rings. The highest BCUT2D eigenvalue weighted by Crippen LogP contribution is 1.87. The van der Waals surface area contributed by atoms with Crippen molar-refractivity contribution >= 4 is 0 Å². The molecule has 3 N–H and O–H groups in total. The molecule has 0 heterocycles. The lowest BCUT2D eigenvalue weighted by Gasteiger charge is -2.30. The van der Waals surface area contributed by atoms with E-state index in [4.69, 9.17) is 10.2 Å². The third kappa shape index (κ3) is 4.63. The molecule has 73 valence electrons. The minimum atomic E-state index is 0.0722. The Morgan fingerprint density at radius 2 is 2.00 bits per heavy atom. The molecule has 0 aliphatic rings. The molecule has 0 rings (SSSR count). The second-order valence-corrected chi connectivity index (χ2v) is 2.36. The van der Waals surface area contributed by atoms with Gasteiger partial charge in [0.15, 0.2) is 0 Å². The van der Waals surface area contributed by atoms with Gasteiger partial charge in [-0.2, -0.15) is 5.12 Å². The van der Waals surface area contributed by atoms with Gasteiger partial charge in [-0.25, -0.2) is 10.4 Å². The van der Waals surface area contributed by atoms with Gasteiger partial charge in [-0.15, -0.1) is 0 Å². The van der Waals surface area contributed by atoms with Crippen LogP contribution in [0.25, 0.3) is 0 Å². The number of nitrogens with one attached hydrogen (secondary N) is 1. The maximum atomic E-state index is 8.69. The summed E-state index contributed by atoms with van der Waals surface area (Å²) in [7, 11) is 1.85. The first-order valence-electron chi connectivity index (χ1n) is 3.99. The summed E-state index contributed by atoms with van der Waals surface area (Å²) in [6.45, 7) is 5.42. The van der Waals surface area contributed by atoms with E-state index in [9.17, 15) is 0 Å². The number of hydrazine groups is 2. The Morgan fingerprint density at radius 1 is 1.33 bits per heavy atom. The maximum absolute atomic E-state index is 8.69. The standard InChI is InChI=1S/C7H18N3O2/c1-3-9(2)10(5-7-12)8-4-6-11/h8,11-12H,1,3-7H2,2H3. The molecule has 0 aromatic carbocycles. The lowest BCUT2D eigenvalue weighted by atomic mass is 10.6. The van der Waals surface area contributed by atoms with Crippen molar-refractivity contribution in [3.05, 3.63) is 6.92 Å². The lowest BCUT2D eigenvalue weighted by Crippen LogP contribution is -2.51. The van der Waals surface area contributed by atoms with Crippen LogP contribution in [-0.4, -0.2) is 60.2 Å². The zero-order valence-electron chi connectivity index (χ0n) is 7.53. The Hall–Kier alpha value is -0.200. The molecule has 1 radical (unpaired) electrons. The Labute approximate surface area is 73.5 Å². The normalized spacial score (nSPS) is 11.5. The monoisotopic (exact) mass is 176 g/mol. The Balaban J connectivity index is 3.68. The van der Waals surface area contributed by atoms with Crippen LogP contribution in [-0.2, 0) is 0 Å². The van der Waals surface area contributed by atoms with E-state index in [0.29, 0.717) is 19.6 Å². The van der Waals surface area contributed by atoms with Crippen molar-refractivity contribution in [2.75, 3.05) is 39.9 Å². The molecule has 0 saturated carbocycles. The molecule has 0 aliphatic carbocycles. The topological polar surface area (TPSA) is 59.0 Å². The Morgan fingerprint density at radius 3 is 2.42 bits per heavy atom. The van der Waals surface area contributed by atoms with Gasteiger partial charge in [0, 0.05) is 20.1 Å². The van der Waals surface area contributed by atoms with Gasteiger partial charge in [0.2, 0.25) is 0 Å². The number of hydrogen-bond acceptors (Lipinski definition) is 5. The fourth-order valence-corrected chi connectivity index (χ4v) is 0.765. The first-order chi connectivity index (χ1) is 5.76. The number of hydrogen-bond donors (Lipinski definition) is 3. The second kappa shape index (κ2) is 7.45. The van der Waals surface area contributed by atoms with Gasteiger partial charge < -0.3 is 10.2 Å². The highest BCUT2D eigenvalue weighted by atomic mass is 16.3. The number of aliphatic hydroxyl groups is 2. The van der Waals surface area contributed by atoms with Gasteiger partial charge in [0.25, 0.3) is 0 Å². The molecule has 0 unspecified atom stereocenters. The van der Waals surface area contributed by atoms with Crippen LogP contribution >= 0.6 is 0 Å². The van der Waals surface area contributed by atoms with Gasteiger partial charge in [0.05, 0.1) is 19.8 Å². The Kier molecular flexibility index (Phi) is 7.33. The molecule has 0 atom stereocenters. The average molecular weight is 176 g/mol. The fourth-order valence-electron chi connectivity index (χ4n) is 0.765. The molecule has 0 bridgehead atoms. The van der Waals surface area contributed by atoms with E-state index in [1.807, 2.05) is 12.1 Å². The molecule has 0 spiro atoms. The number of nitrogens with zero attached hydrogens (tertiary/aromatic N) is 2. The predicted molar refractivity (Wildman–Crippen MR) is 46.9 cm³/mol. The van der Waals surface area contributed by atoms with Crippen molar-refractivity contribution in [2.24, 2.45) is 0 Å². The summed E-state index contributed by atoms with van der Waals surface area (Å²) in [6.07, 6.45) is 0. The highest BCUT2D eigenvalue weighted by Gasteiger charge is 2.06. The van der Waals surface area contributed by atoms with Crippen LogP contribution in [0.5, 0.6) is 0 Å². The van der Waals surface area contributed by atoms with E-state index < -0.39 is 0 Å². The zero-order chi connectivity index (χ0) is 9.40. The summed E-state index contributed by atoms with van der Waals surface area (Å²) < 4.78 is 0. The van der Waals surface area contributed by atoms with E-state index in [-0.39, 0.29) is 13.2 Å². The molecule has 5 heteroatoms. The quantitative estimate of drug-likeness (QED) is 0.410. The largest absolute Gasteiger partial charge is 0.395 e. The molecule has 0 aromatic rings. The van der Waals surface area contributed by atoms with E-state index in [1.165, 1.54) is 0 Å². The van der Waals surface area contributed by atoms with Crippen molar-refractivity contribution in [2.45, 2.75) is 0 Å². The first kappa shape index (κ1) is 11.8. The third-order valence-electron chi connectivity index (χ3n) is 1.45. The number of aliphatic hydroxyl groups excluding tert-OH is 2. The minimum absolute atomic E-state index is 0.0722. The van der Waals surface area contributed by atoms with Crippen LogP contribution in [0, 0.1) is 6.92 Å². The second-order valence-electron chi connectivity index (χ2n) is 2.36. The minimum Gasteiger partial charge on any atom is -0.395 e. The molecular weight excluding hydrogens is 158 g/mol. The van der Waals surface area contributed by atoms with Crippen molar-refractivity contribution in [3.8, 4) is 0 Å². The molecule has 0 amide bonds. The average Bonchev–Trinajstić information content (AvgIpc) is 2.11. The van der Waals surface area contributed by atoms with Crippen LogP contribution in [0.1, 0.15) is 0 Å². The van der Waals surface area contributed by atoms with E-state index in [1.54, 1.807) is 5.12 Å². The van der Waals surface area contributed by atoms with Crippen molar-refractivity contribution < 1.29 is 10.2 Å². The van der Waals surface area contributed by atoms with Crippen molar-refractivity contribution in [1.29, 1.82) is 0 Å². The van der Waals surface area contributed by atoms with Gasteiger partial charge in [-0.3, -0.25) is 0 Å². The van der Waals surface area contributed by atoms with Crippen LogP contribution in [0.15, 0.2) is 0 Å². The van der Waals surface area contributed by atoms with Crippen molar-refractivity contribution in [3.63, 3.8) is 0 Å². The number of rotatable bonds is 7. The fraction of sp³-hybridized carbons (Fsp3) is 0.857. The zero-order valence-corrected chi connectivity index (χ0v) is 7.53. The summed E-state index contributed by atoms with van der Waals surface area (Å²) in [5, 5.41) is 20.8. The highest BCUT2D eigenvalue weighted by molar-refractivity contribution is 4.50. The summed E-state index contributed by atoms with van der Waals surface area (Å²) >= 11 is 0. The van der Waals surface area contributed by atoms with Crippen LogP contribution < -0.4 is 5.43 Å². The third-order valence-corrected chi connectivity index (χ3v) is 1.45. The molecule has 0 saturated heterocycles. The maximum Gasteiger partial charge on any atom is 0.0587 e. The first-order valence-corrected chi connectivity index (χ1v) is 3.99. The lowest BCUT2D eigenvalue weighted by molar-refractivity contribution is -0.0540. The molecule has 12 heavy (non-hydrogen) atoms. The molecule has 5 nitrogen and oxygen atoms in total.